The van der Waals surface area contributed by atoms with Gasteiger partial charge in [-0.1, -0.05) is 12.1 Å². The first-order valence-corrected chi connectivity index (χ1v) is 7.10. The van der Waals surface area contributed by atoms with E-state index in [1.165, 1.54) is 14.2 Å². The van der Waals surface area contributed by atoms with Gasteiger partial charge < -0.3 is 19.9 Å². The van der Waals surface area contributed by atoms with Crippen molar-refractivity contribution in [3.05, 3.63) is 29.3 Å². The molecule has 1 aromatic heterocycles. The molecule has 0 atom stereocenters. The zero-order chi connectivity index (χ0) is 17.7. The molecule has 2 rings (SSSR count). The number of nitrogens with zero attached hydrogens (tertiary/aromatic N) is 3. The van der Waals surface area contributed by atoms with E-state index in [-0.39, 0.29) is 22.8 Å². The molecule has 0 unspecified atom stereocenters. The minimum absolute atomic E-state index is 0.0141. The van der Waals surface area contributed by atoms with Gasteiger partial charge in [-0.25, -0.2) is 0 Å². The number of aromatic nitrogens is 1. The maximum atomic E-state index is 9.60. The zero-order valence-electron chi connectivity index (χ0n) is 13.6. The average molecular weight is 324 g/mol. The molecular weight excluding hydrogens is 308 g/mol. The van der Waals surface area contributed by atoms with E-state index in [4.69, 9.17) is 19.9 Å². The van der Waals surface area contributed by atoms with Crippen molar-refractivity contribution in [1.82, 2.24) is 4.98 Å². The quantitative estimate of drug-likeness (QED) is 0.898. The Hall–Kier alpha value is -3.45. The van der Waals surface area contributed by atoms with Crippen molar-refractivity contribution in [2.45, 2.75) is 6.92 Å². The number of nitrogen functional groups attached to an aromatic ring is 1. The van der Waals surface area contributed by atoms with Crippen molar-refractivity contribution in [1.29, 1.82) is 10.5 Å². The molecule has 0 bridgehead atoms. The predicted molar refractivity (Wildman–Crippen MR) is 87.8 cm³/mol. The van der Waals surface area contributed by atoms with Crippen molar-refractivity contribution in [2.24, 2.45) is 0 Å². The maximum absolute atomic E-state index is 9.60. The Morgan fingerprint density at radius 1 is 1.12 bits per heavy atom. The minimum atomic E-state index is -0.0141. The number of rotatable bonds is 5. The summed E-state index contributed by atoms with van der Waals surface area (Å²) in [5.74, 6) is 0.924. The van der Waals surface area contributed by atoms with Crippen LogP contribution in [0.5, 0.6) is 17.4 Å². The van der Waals surface area contributed by atoms with Crippen molar-refractivity contribution < 1.29 is 14.2 Å². The number of nitrogens with two attached hydrogens (primary N) is 1. The lowest BCUT2D eigenvalue weighted by Crippen LogP contribution is -2.06. The van der Waals surface area contributed by atoms with E-state index in [1.54, 1.807) is 25.1 Å². The van der Waals surface area contributed by atoms with Crippen molar-refractivity contribution >= 4 is 5.82 Å². The second-order valence-corrected chi connectivity index (χ2v) is 4.62. The molecule has 0 aliphatic heterocycles. The lowest BCUT2D eigenvalue weighted by Gasteiger charge is -2.17. The van der Waals surface area contributed by atoms with Crippen LogP contribution in [0.15, 0.2) is 18.2 Å². The van der Waals surface area contributed by atoms with E-state index in [0.717, 1.165) is 0 Å². The first-order chi connectivity index (χ1) is 11.6. The molecule has 0 fully saturated rings. The van der Waals surface area contributed by atoms with Crippen molar-refractivity contribution in [2.75, 3.05) is 26.6 Å². The monoisotopic (exact) mass is 324 g/mol. The molecule has 0 aliphatic rings. The summed E-state index contributed by atoms with van der Waals surface area (Å²) in [6, 6.07) is 9.22. The topological polar surface area (TPSA) is 114 Å². The zero-order valence-corrected chi connectivity index (χ0v) is 13.6. The van der Waals surface area contributed by atoms with E-state index in [2.05, 4.69) is 4.98 Å². The normalized spacial score (nSPS) is 9.71. The van der Waals surface area contributed by atoms with Gasteiger partial charge in [0, 0.05) is 11.1 Å². The Labute approximate surface area is 139 Å². The highest BCUT2D eigenvalue weighted by Crippen LogP contribution is 2.43. The molecule has 0 radical (unpaired) electrons. The SMILES string of the molecule is CCOc1nc(N)c(C#N)c(-c2cccc(OC)c2OC)c1C#N. The van der Waals surface area contributed by atoms with Crippen LogP contribution in [0.1, 0.15) is 18.1 Å². The molecular formula is C17H16N4O3. The second-order valence-electron chi connectivity index (χ2n) is 4.62. The number of methoxy groups -OCH3 is 2. The Bertz CT molecular complexity index is 850. The first kappa shape index (κ1) is 16.9. The van der Waals surface area contributed by atoms with Gasteiger partial charge in [0.1, 0.15) is 29.1 Å². The Morgan fingerprint density at radius 2 is 1.83 bits per heavy atom. The number of hydrogen-bond acceptors (Lipinski definition) is 7. The summed E-state index contributed by atoms with van der Waals surface area (Å²) < 4.78 is 16.1. The summed E-state index contributed by atoms with van der Waals surface area (Å²) >= 11 is 0. The molecule has 2 aromatic rings. The van der Waals surface area contributed by atoms with E-state index >= 15 is 0 Å². The van der Waals surface area contributed by atoms with Gasteiger partial charge in [0.15, 0.2) is 11.5 Å². The van der Waals surface area contributed by atoms with Gasteiger partial charge in [0.2, 0.25) is 5.88 Å². The summed E-state index contributed by atoms with van der Waals surface area (Å²) in [6.07, 6.45) is 0. The molecule has 0 spiro atoms. The largest absolute Gasteiger partial charge is 0.493 e. The Morgan fingerprint density at radius 3 is 2.38 bits per heavy atom. The molecule has 7 nitrogen and oxygen atoms in total. The van der Waals surface area contributed by atoms with Gasteiger partial charge in [-0.05, 0) is 13.0 Å². The van der Waals surface area contributed by atoms with Crippen LogP contribution in [0.4, 0.5) is 5.82 Å². The van der Waals surface area contributed by atoms with Crippen LogP contribution in [0.3, 0.4) is 0 Å². The van der Waals surface area contributed by atoms with Gasteiger partial charge in [-0.3, -0.25) is 0 Å². The third kappa shape index (κ3) is 2.75. The van der Waals surface area contributed by atoms with E-state index in [1.807, 2.05) is 12.1 Å². The molecule has 2 N–H and O–H groups in total. The van der Waals surface area contributed by atoms with Crippen molar-refractivity contribution in [3.63, 3.8) is 0 Å². The summed E-state index contributed by atoms with van der Waals surface area (Å²) in [5, 5.41) is 19.1. The van der Waals surface area contributed by atoms with Gasteiger partial charge >= 0.3 is 0 Å². The van der Waals surface area contributed by atoms with Gasteiger partial charge in [0.05, 0.1) is 20.8 Å². The average Bonchev–Trinajstić information content (AvgIpc) is 2.60. The lowest BCUT2D eigenvalue weighted by atomic mass is 9.95. The van der Waals surface area contributed by atoms with Crippen LogP contribution >= 0.6 is 0 Å². The van der Waals surface area contributed by atoms with E-state index in [0.29, 0.717) is 29.2 Å². The molecule has 0 aliphatic carbocycles. The smallest absolute Gasteiger partial charge is 0.234 e. The number of para-hydroxylation sites is 1. The highest BCUT2D eigenvalue weighted by molar-refractivity contribution is 5.86. The van der Waals surface area contributed by atoms with Gasteiger partial charge in [0.25, 0.3) is 0 Å². The molecule has 7 heteroatoms. The third-order valence-corrected chi connectivity index (χ3v) is 3.37. The van der Waals surface area contributed by atoms with Crippen LogP contribution in [-0.2, 0) is 0 Å². The van der Waals surface area contributed by atoms with Gasteiger partial charge in [-0.2, -0.15) is 15.5 Å². The van der Waals surface area contributed by atoms with E-state index < -0.39 is 0 Å². The maximum Gasteiger partial charge on any atom is 0.234 e. The van der Waals surface area contributed by atoms with Crippen LogP contribution in [0.2, 0.25) is 0 Å². The Kier molecular flexibility index (Phi) is 5.08. The van der Waals surface area contributed by atoms with Crippen LogP contribution in [0.25, 0.3) is 11.1 Å². The minimum Gasteiger partial charge on any atom is -0.493 e. The summed E-state index contributed by atoms with van der Waals surface area (Å²) in [4.78, 5) is 4.03. The highest BCUT2D eigenvalue weighted by atomic mass is 16.5. The van der Waals surface area contributed by atoms with Crippen LogP contribution < -0.4 is 19.9 Å². The molecule has 0 saturated heterocycles. The van der Waals surface area contributed by atoms with Crippen molar-refractivity contribution in [3.8, 4) is 40.6 Å². The number of hydrogen-bond donors (Lipinski definition) is 1. The standard InChI is InChI=1S/C17H16N4O3/c1-4-24-17-12(9-19)14(11(8-18)16(20)21-17)10-6-5-7-13(22-2)15(10)23-3/h5-7H,4H2,1-3H3,(H2,20,21). The number of ether oxygens (including phenoxy) is 3. The van der Waals surface area contributed by atoms with E-state index in [9.17, 15) is 10.5 Å². The molecule has 1 aromatic carbocycles. The molecule has 0 saturated carbocycles. The number of benzene rings is 1. The number of pyridine rings is 1. The number of nitriles is 2. The second kappa shape index (κ2) is 7.21. The number of anilines is 1. The fourth-order valence-electron chi connectivity index (χ4n) is 2.39. The third-order valence-electron chi connectivity index (χ3n) is 3.37. The summed E-state index contributed by atoms with van der Waals surface area (Å²) in [6.45, 7) is 2.07. The first-order valence-electron chi connectivity index (χ1n) is 7.10. The lowest BCUT2D eigenvalue weighted by molar-refractivity contribution is 0.326. The molecule has 122 valence electrons. The molecule has 24 heavy (non-hydrogen) atoms. The van der Waals surface area contributed by atoms with Crippen LogP contribution in [-0.4, -0.2) is 25.8 Å². The summed E-state index contributed by atoms with van der Waals surface area (Å²) in [5.41, 5.74) is 6.91. The van der Waals surface area contributed by atoms with Gasteiger partial charge in [-0.15, -0.1) is 0 Å². The summed E-state index contributed by atoms with van der Waals surface area (Å²) in [7, 11) is 2.98. The fraction of sp³-hybridized carbons (Fsp3) is 0.235. The highest BCUT2D eigenvalue weighted by Gasteiger charge is 2.24. The van der Waals surface area contributed by atoms with Crippen LogP contribution in [0, 0.1) is 22.7 Å². The molecule has 1 heterocycles. The fourth-order valence-corrected chi connectivity index (χ4v) is 2.39. The Balaban J connectivity index is 2.93. The molecule has 0 amide bonds. The predicted octanol–water partition coefficient (Wildman–Crippen LogP) is 2.49.